The summed E-state index contributed by atoms with van der Waals surface area (Å²) in [5.41, 5.74) is 2.35. The highest BCUT2D eigenvalue weighted by Crippen LogP contribution is 2.24. The van der Waals surface area contributed by atoms with Crippen molar-refractivity contribution in [3.05, 3.63) is 11.3 Å². The van der Waals surface area contributed by atoms with Crippen molar-refractivity contribution < 1.29 is 9.84 Å². The van der Waals surface area contributed by atoms with Gasteiger partial charge in [0, 0.05) is 45.8 Å². The zero-order chi connectivity index (χ0) is 16.1. The van der Waals surface area contributed by atoms with Gasteiger partial charge in [0.05, 0.1) is 25.0 Å². The molecule has 0 spiro atoms. The van der Waals surface area contributed by atoms with E-state index in [4.69, 9.17) is 4.74 Å². The Bertz CT molecular complexity index is 463. The molecule has 6 heteroatoms. The lowest BCUT2D eigenvalue weighted by Gasteiger charge is -2.38. The SMILES string of the molecule is CCc1nn(C)c(OC)c1CN1CCN(C(CC)CO)CC1. The first kappa shape index (κ1) is 17.2. The summed E-state index contributed by atoms with van der Waals surface area (Å²) >= 11 is 0. The molecule has 22 heavy (non-hydrogen) atoms. The molecule has 1 aliphatic rings. The lowest BCUT2D eigenvalue weighted by molar-refractivity contribution is 0.0604. The summed E-state index contributed by atoms with van der Waals surface area (Å²) in [5.74, 6) is 0.876. The normalized spacial score (nSPS) is 18.6. The van der Waals surface area contributed by atoms with Crippen molar-refractivity contribution in [2.24, 2.45) is 7.05 Å². The van der Waals surface area contributed by atoms with E-state index in [-0.39, 0.29) is 6.61 Å². The summed E-state index contributed by atoms with van der Waals surface area (Å²) < 4.78 is 7.36. The van der Waals surface area contributed by atoms with Crippen LogP contribution in [0.3, 0.4) is 0 Å². The Labute approximate surface area is 133 Å². The monoisotopic (exact) mass is 310 g/mol. The largest absolute Gasteiger partial charge is 0.481 e. The number of aliphatic hydroxyl groups is 1. The molecule has 1 atom stereocenters. The highest BCUT2D eigenvalue weighted by Gasteiger charge is 2.24. The highest BCUT2D eigenvalue weighted by molar-refractivity contribution is 5.31. The van der Waals surface area contributed by atoms with E-state index < -0.39 is 0 Å². The molecule has 2 heterocycles. The summed E-state index contributed by atoms with van der Waals surface area (Å²) in [6, 6.07) is 0.307. The molecule has 0 saturated carbocycles. The zero-order valence-electron chi connectivity index (χ0n) is 14.4. The number of nitrogens with zero attached hydrogens (tertiary/aromatic N) is 4. The van der Waals surface area contributed by atoms with Crippen LogP contribution in [0.5, 0.6) is 5.88 Å². The van der Waals surface area contributed by atoms with Gasteiger partial charge in [-0.25, -0.2) is 4.68 Å². The van der Waals surface area contributed by atoms with Gasteiger partial charge in [-0.05, 0) is 12.8 Å². The maximum absolute atomic E-state index is 9.44. The van der Waals surface area contributed by atoms with Crippen LogP contribution in [-0.2, 0) is 20.0 Å². The van der Waals surface area contributed by atoms with Gasteiger partial charge >= 0.3 is 0 Å². The minimum Gasteiger partial charge on any atom is -0.481 e. The molecule has 1 saturated heterocycles. The number of aliphatic hydroxyl groups excluding tert-OH is 1. The molecular weight excluding hydrogens is 280 g/mol. The molecule has 1 aliphatic heterocycles. The minimum absolute atomic E-state index is 0.257. The standard InChI is InChI=1S/C16H30N4O2/c1-5-13(12-21)20-9-7-19(8-10-20)11-14-15(6-2)17-18(3)16(14)22-4/h13,21H,5-12H2,1-4H3. The first-order valence-electron chi connectivity index (χ1n) is 8.30. The van der Waals surface area contributed by atoms with E-state index in [1.54, 1.807) is 7.11 Å². The van der Waals surface area contributed by atoms with E-state index in [0.29, 0.717) is 6.04 Å². The predicted molar refractivity (Wildman–Crippen MR) is 87.2 cm³/mol. The number of hydrogen-bond donors (Lipinski definition) is 1. The molecule has 1 unspecified atom stereocenters. The number of aryl methyl sites for hydroxylation is 2. The summed E-state index contributed by atoms with van der Waals surface area (Å²) in [7, 11) is 3.65. The van der Waals surface area contributed by atoms with Crippen molar-refractivity contribution in [2.45, 2.75) is 39.3 Å². The Kier molecular flexibility index (Phi) is 6.23. The van der Waals surface area contributed by atoms with Crippen LogP contribution in [0.4, 0.5) is 0 Å². The van der Waals surface area contributed by atoms with Gasteiger partial charge < -0.3 is 9.84 Å². The van der Waals surface area contributed by atoms with Crippen LogP contribution in [0.15, 0.2) is 0 Å². The first-order valence-corrected chi connectivity index (χ1v) is 8.30. The van der Waals surface area contributed by atoms with Gasteiger partial charge in [0.1, 0.15) is 0 Å². The highest BCUT2D eigenvalue weighted by atomic mass is 16.5. The summed E-state index contributed by atoms with van der Waals surface area (Å²) in [6.45, 7) is 9.51. The van der Waals surface area contributed by atoms with Crippen molar-refractivity contribution in [1.82, 2.24) is 19.6 Å². The van der Waals surface area contributed by atoms with Crippen LogP contribution < -0.4 is 4.74 Å². The number of ether oxygens (including phenoxy) is 1. The van der Waals surface area contributed by atoms with Gasteiger partial charge in [0.25, 0.3) is 0 Å². The van der Waals surface area contributed by atoms with Crippen LogP contribution in [0.1, 0.15) is 31.5 Å². The van der Waals surface area contributed by atoms with Crippen molar-refractivity contribution in [3.63, 3.8) is 0 Å². The predicted octanol–water partition coefficient (Wildman–Crippen LogP) is 0.880. The molecule has 1 fully saturated rings. The van der Waals surface area contributed by atoms with Gasteiger partial charge in [0.2, 0.25) is 5.88 Å². The molecular formula is C16H30N4O2. The maximum Gasteiger partial charge on any atom is 0.216 e. The molecule has 1 N–H and O–H groups in total. The molecule has 0 amide bonds. The maximum atomic E-state index is 9.44. The second-order valence-electron chi connectivity index (χ2n) is 5.97. The van der Waals surface area contributed by atoms with E-state index in [2.05, 4.69) is 28.7 Å². The lowest BCUT2D eigenvalue weighted by Crippen LogP contribution is -2.50. The molecule has 126 valence electrons. The number of piperazine rings is 1. The molecule has 0 bridgehead atoms. The fourth-order valence-corrected chi connectivity index (χ4v) is 3.32. The smallest absolute Gasteiger partial charge is 0.216 e. The Morgan fingerprint density at radius 3 is 2.41 bits per heavy atom. The Morgan fingerprint density at radius 1 is 1.23 bits per heavy atom. The van der Waals surface area contributed by atoms with Gasteiger partial charge in [0.15, 0.2) is 0 Å². The third-order valence-electron chi connectivity index (χ3n) is 4.69. The van der Waals surface area contributed by atoms with Crippen LogP contribution >= 0.6 is 0 Å². The molecule has 0 aromatic carbocycles. The summed E-state index contributed by atoms with van der Waals surface area (Å²) in [5, 5.41) is 14.0. The number of hydrogen-bond acceptors (Lipinski definition) is 5. The van der Waals surface area contributed by atoms with Crippen molar-refractivity contribution in [2.75, 3.05) is 39.9 Å². The number of methoxy groups -OCH3 is 1. The van der Waals surface area contributed by atoms with E-state index in [1.807, 2.05) is 11.7 Å². The second kappa shape index (κ2) is 7.94. The Hall–Kier alpha value is -1.11. The topological polar surface area (TPSA) is 53.8 Å². The van der Waals surface area contributed by atoms with Crippen molar-refractivity contribution in [1.29, 1.82) is 0 Å². The summed E-state index contributed by atoms with van der Waals surface area (Å²) in [6.07, 6.45) is 1.93. The Balaban J connectivity index is 1.99. The van der Waals surface area contributed by atoms with E-state index >= 15 is 0 Å². The average Bonchev–Trinajstić information content (AvgIpc) is 2.85. The fraction of sp³-hybridized carbons (Fsp3) is 0.812. The van der Waals surface area contributed by atoms with Crippen LogP contribution in [-0.4, -0.2) is 70.6 Å². The number of aromatic nitrogens is 2. The molecule has 1 aromatic rings. The van der Waals surface area contributed by atoms with E-state index in [9.17, 15) is 5.11 Å². The zero-order valence-corrected chi connectivity index (χ0v) is 14.4. The van der Waals surface area contributed by atoms with Gasteiger partial charge in [-0.3, -0.25) is 9.80 Å². The third-order valence-corrected chi connectivity index (χ3v) is 4.69. The van der Waals surface area contributed by atoms with Gasteiger partial charge in [-0.2, -0.15) is 5.10 Å². The van der Waals surface area contributed by atoms with Crippen LogP contribution in [0, 0.1) is 0 Å². The second-order valence-corrected chi connectivity index (χ2v) is 5.97. The molecule has 0 radical (unpaired) electrons. The molecule has 2 rings (SSSR count). The molecule has 1 aromatic heterocycles. The van der Waals surface area contributed by atoms with E-state index in [1.165, 1.54) is 5.56 Å². The third kappa shape index (κ3) is 3.62. The Morgan fingerprint density at radius 2 is 1.91 bits per heavy atom. The van der Waals surface area contributed by atoms with E-state index in [0.717, 1.165) is 57.1 Å². The molecule has 0 aliphatic carbocycles. The first-order chi connectivity index (χ1) is 10.6. The minimum atomic E-state index is 0.257. The van der Waals surface area contributed by atoms with Crippen molar-refractivity contribution >= 4 is 0 Å². The van der Waals surface area contributed by atoms with Gasteiger partial charge in [-0.1, -0.05) is 13.8 Å². The van der Waals surface area contributed by atoms with Gasteiger partial charge in [-0.15, -0.1) is 0 Å². The fourth-order valence-electron chi connectivity index (χ4n) is 3.32. The van der Waals surface area contributed by atoms with Crippen LogP contribution in [0.25, 0.3) is 0 Å². The van der Waals surface area contributed by atoms with Crippen molar-refractivity contribution in [3.8, 4) is 5.88 Å². The van der Waals surface area contributed by atoms with Crippen LogP contribution in [0.2, 0.25) is 0 Å². The molecule has 6 nitrogen and oxygen atoms in total. The lowest BCUT2D eigenvalue weighted by atomic mass is 10.1. The summed E-state index contributed by atoms with van der Waals surface area (Å²) in [4.78, 5) is 4.86. The average molecular weight is 310 g/mol. The number of rotatable bonds is 7. The quantitative estimate of drug-likeness (QED) is 0.810.